The van der Waals surface area contributed by atoms with Crippen molar-refractivity contribution in [3.8, 4) is 5.75 Å². The number of aromatic amines is 2. The van der Waals surface area contributed by atoms with Gasteiger partial charge in [-0.25, -0.2) is 4.98 Å². The smallest absolute Gasteiger partial charge is 0.302 e. The normalized spacial score (nSPS) is 16.9. The first-order valence-corrected chi connectivity index (χ1v) is 30.4. The van der Waals surface area contributed by atoms with Gasteiger partial charge in [-0.1, -0.05) is 58.0 Å². The van der Waals surface area contributed by atoms with Crippen molar-refractivity contribution in [2.75, 3.05) is 26.2 Å². The Balaban J connectivity index is 1.26. The van der Waals surface area contributed by atoms with Crippen LogP contribution in [-0.4, -0.2) is 177 Å². The van der Waals surface area contributed by atoms with E-state index in [0.717, 1.165) is 6.92 Å². The van der Waals surface area contributed by atoms with Crippen molar-refractivity contribution >= 4 is 81.9 Å². The minimum absolute atomic E-state index is 0.0216. The molecule has 2 aromatic carbocycles. The lowest BCUT2D eigenvalue weighted by Gasteiger charge is -2.31. The molecule has 4 aromatic rings. The summed E-state index contributed by atoms with van der Waals surface area (Å²) in [7, 11) is 0. The van der Waals surface area contributed by atoms with Crippen LogP contribution < -0.4 is 59.3 Å². The van der Waals surface area contributed by atoms with Crippen LogP contribution in [0.2, 0.25) is 0 Å². The van der Waals surface area contributed by atoms with Crippen molar-refractivity contribution in [2.24, 2.45) is 28.3 Å². The molecular weight excluding hydrogens is 1160 g/mol. The van der Waals surface area contributed by atoms with Gasteiger partial charge in [0.25, 0.3) is 0 Å². The molecule has 90 heavy (non-hydrogen) atoms. The number of likely N-dealkylation sites (N-methyl/N-ethyl adjacent to an activating group) is 1. The number of nitrogens with two attached hydrogens (primary N) is 2. The van der Waals surface area contributed by atoms with E-state index in [-0.39, 0.29) is 106 Å². The molecule has 4 heterocycles. The number of nitrogens with zero attached hydrogens (tertiary/aromatic N) is 3. The van der Waals surface area contributed by atoms with E-state index in [9.17, 15) is 57.8 Å². The predicted octanol–water partition coefficient (Wildman–Crippen LogP) is -0.867. The summed E-state index contributed by atoms with van der Waals surface area (Å²) in [5.74, 6) is -8.56. The number of aliphatic imine (C=N–C) groups is 1. The summed E-state index contributed by atoms with van der Waals surface area (Å²) in [5.41, 5.74) is 13.3. The SMILES string of the molecule is CCNC(=O)[C@@H]1CCCN1C(=O)[C@H](CCCN=C(N)N)NC(=O)[C@H](CC(C)C)NC(=O)[C@H](CC(C)C)NC(=O)[C@H](Cc1ccc(O)cc1)NC(=O)[C@H](COC(C)=O)NC(=O)[C@H](Cc1c[nH]c2ccccc12)NC(=O)[C@H](Cc1cnc[nH]1)NC(=O)[C@@H]1CCC(=O)N1. The molecule has 29 nitrogen and oxygen atoms in total. The fraction of sp³-hybridized carbons (Fsp3) is 0.525. The average Bonchev–Trinajstić information content (AvgIpc) is 1.98. The van der Waals surface area contributed by atoms with E-state index in [1.807, 2.05) is 13.8 Å². The van der Waals surface area contributed by atoms with Crippen LogP contribution >= 0.6 is 0 Å². The first kappa shape index (κ1) is 69.5. The number of carbonyl (C=O) groups excluding carboxylic acids is 11. The average molecular weight is 1250 g/mol. The van der Waals surface area contributed by atoms with Gasteiger partial charge in [-0.2, -0.15) is 0 Å². The van der Waals surface area contributed by atoms with Crippen molar-refractivity contribution in [2.45, 2.75) is 167 Å². The standard InChI is InChI=1S/C61H86N16O13/c1-7-65-59(88)50-15-11-23-77(50)60(89)43(14-10-22-66-61(62)63)70-53(82)44(24-33(2)3)71-54(83)45(25-34(4)5)72-55(84)46(26-36-16-18-39(79)19-17-36)73-58(87)49(31-90-35(6)78)76-56(85)47(27-37-29-67-41-13-9-8-12-40(37)41)74-57(86)48(28-38-30-64-32-68-38)75-52(81)42-20-21-51(80)69-42/h8-9,12-13,16-19,29-30,32-34,42-50,67,79H,7,10-11,14-15,20-28,31H2,1-6H3,(H,64,68)(H,65,88)(H,69,80)(H,70,82)(H,71,83)(H,72,84)(H,73,87)(H,74,86)(H,75,81)(H,76,85)(H4,62,63,66)/t42-,43-,44-,45-,46-,47-,48-,49-,50-/m0/s1. The number of guanidine groups is 1. The second-order valence-corrected chi connectivity index (χ2v) is 23.4. The van der Waals surface area contributed by atoms with E-state index in [1.54, 1.807) is 51.2 Å². The Hall–Kier alpha value is -9.57. The molecule has 2 aromatic heterocycles. The topological polar surface area (TPSA) is 438 Å². The zero-order valence-electron chi connectivity index (χ0n) is 51.7. The van der Waals surface area contributed by atoms with Gasteiger partial charge in [-0.05, 0) is 93.0 Å². The maximum absolute atomic E-state index is 14.8. The number of phenolic OH excluding ortho intramolecular Hbond substituents is 1. The maximum Gasteiger partial charge on any atom is 0.302 e. The monoisotopic (exact) mass is 1250 g/mol. The molecule has 0 spiro atoms. The van der Waals surface area contributed by atoms with Crippen LogP contribution in [0.5, 0.6) is 5.75 Å². The van der Waals surface area contributed by atoms with Crippen molar-refractivity contribution in [3.05, 3.63) is 84.1 Å². The molecule has 10 amide bonds. The van der Waals surface area contributed by atoms with Crippen molar-refractivity contribution in [1.29, 1.82) is 0 Å². The molecule has 29 heteroatoms. The molecule has 0 saturated carbocycles. The van der Waals surface area contributed by atoms with E-state index in [0.29, 0.717) is 47.1 Å². The minimum atomic E-state index is -1.75. The number of para-hydroxylation sites is 1. The number of H-pyrrole nitrogens is 2. The number of hydrogen-bond donors (Lipinski definition) is 14. The molecular formula is C61H86N16O13. The number of phenols is 1. The highest BCUT2D eigenvalue weighted by Crippen LogP contribution is 2.22. The van der Waals surface area contributed by atoms with Crippen molar-refractivity contribution < 1.29 is 62.6 Å². The Bertz CT molecular complexity index is 3180. The number of esters is 1. The summed E-state index contributed by atoms with van der Waals surface area (Å²) in [4.78, 5) is 169. The van der Waals surface area contributed by atoms with Gasteiger partial charge in [-0.3, -0.25) is 57.7 Å². The molecule has 0 bridgehead atoms. The number of carbonyl (C=O) groups is 11. The van der Waals surface area contributed by atoms with Crippen molar-refractivity contribution in [1.82, 2.24) is 67.7 Å². The maximum atomic E-state index is 14.8. The highest BCUT2D eigenvalue weighted by atomic mass is 16.5. The second kappa shape index (κ2) is 33.7. The number of amides is 10. The molecule has 6 rings (SSSR count). The molecule has 2 aliphatic rings. The third-order valence-electron chi connectivity index (χ3n) is 15.2. The number of hydrogen-bond acceptors (Lipinski definition) is 15. The number of benzene rings is 2. The first-order valence-electron chi connectivity index (χ1n) is 30.4. The highest BCUT2D eigenvalue weighted by molar-refractivity contribution is 5.99. The van der Waals surface area contributed by atoms with Crippen LogP contribution in [0.3, 0.4) is 0 Å². The number of aromatic hydroxyl groups is 1. The largest absolute Gasteiger partial charge is 0.508 e. The summed E-state index contributed by atoms with van der Waals surface area (Å²) in [6.07, 6.45) is 5.63. The van der Waals surface area contributed by atoms with E-state index >= 15 is 0 Å². The van der Waals surface area contributed by atoms with E-state index in [1.165, 1.54) is 41.7 Å². The lowest BCUT2D eigenvalue weighted by Crippen LogP contribution is -2.61. The molecule has 0 radical (unpaired) electrons. The summed E-state index contributed by atoms with van der Waals surface area (Å²) in [6.45, 7) is 10.1. The van der Waals surface area contributed by atoms with Crippen LogP contribution in [0.1, 0.15) is 110 Å². The van der Waals surface area contributed by atoms with Gasteiger partial charge < -0.3 is 84.0 Å². The van der Waals surface area contributed by atoms with Gasteiger partial charge in [-0.15, -0.1) is 0 Å². The highest BCUT2D eigenvalue weighted by Gasteiger charge is 2.40. The number of fused-ring (bicyclic) bond motifs is 1. The molecule has 0 aliphatic carbocycles. The Morgan fingerprint density at radius 3 is 1.87 bits per heavy atom. The number of aromatic nitrogens is 3. The van der Waals surface area contributed by atoms with Gasteiger partial charge in [0.05, 0.1) is 6.33 Å². The van der Waals surface area contributed by atoms with Crippen LogP contribution in [0.25, 0.3) is 10.9 Å². The Morgan fingerprint density at radius 1 is 0.711 bits per heavy atom. The lowest BCUT2D eigenvalue weighted by molar-refractivity contribution is -0.145. The third kappa shape index (κ3) is 21.1. The first-order chi connectivity index (χ1) is 42.9. The zero-order valence-corrected chi connectivity index (χ0v) is 51.7. The summed E-state index contributed by atoms with van der Waals surface area (Å²) in [6, 6.07) is 1.35. The number of nitrogens with one attached hydrogen (secondary N) is 11. The fourth-order valence-electron chi connectivity index (χ4n) is 10.7. The van der Waals surface area contributed by atoms with Gasteiger partial charge in [0.2, 0.25) is 59.1 Å². The zero-order chi connectivity index (χ0) is 65.6. The van der Waals surface area contributed by atoms with Gasteiger partial charge >= 0.3 is 5.97 Å². The molecule has 488 valence electrons. The lowest BCUT2D eigenvalue weighted by atomic mass is 9.98. The van der Waals surface area contributed by atoms with Crippen LogP contribution in [0, 0.1) is 11.8 Å². The predicted molar refractivity (Wildman–Crippen MR) is 330 cm³/mol. The summed E-state index contributed by atoms with van der Waals surface area (Å²) >= 11 is 0. The molecule has 9 atom stereocenters. The molecule has 2 fully saturated rings. The Morgan fingerprint density at radius 2 is 1.29 bits per heavy atom. The van der Waals surface area contributed by atoms with E-state index < -0.39 is 114 Å². The van der Waals surface area contributed by atoms with E-state index in [2.05, 4.69) is 67.8 Å². The quantitative estimate of drug-likeness (QED) is 0.0119. The Kier molecular flexibility index (Phi) is 26.0. The summed E-state index contributed by atoms with van der Waals surface area (Å²) in [5, 5.41) is 35.3. The molecule has 2 aliphatic heterocycles. The second-order valence-electron chi connectivity index (χ2n) is 23.4. The number of imidazole rings is 1. The fourth-order valence-corrected chi connectivity index (χ4v) is 10.7. The van der Waals surface area contributed by atoms with Gasteiger partial charge in [0.15, 0.2) is 5.96 Å². The van der Waals surface area contributed by atoms with Gasteiger partial charge in [0.1, 0.15) is 66.7 Å². The minimum Gasteiger partial charge on any atom is -0.508 e. The van der Waals surface area contributed by atoms with Crippen LogP contribution in [0.15, 0.2) is 72.2 Å². The molecule has 16 N–H and O–H groups in total. The number of likely N-dealkylation sites (tertiary alicyclic amines) is 1. The van der Waals surface area contributed by atoms with Gasteiger partial charge in [0, 0.05) is 81.2 Å². The summed E-state index contributed by atoms with van der Waals surface area (Å²) < 4.78 is 5.30. The van der Waals surface area contributed by atoms with Crippen LogP contribution in [-0.2, 0) is 76.7 Å². The third-order valence-corrected chi connectivity index (χ3v) is 15.2. The molecule has 0 unspecified atom stereocenters. The van der Waals surface area contributed by atoms with E-state index in [4.69, 9.17) is 16.2 Å². The number of rotatable bonds is 33. The van der Waals surface area contributed by atoms with Crippen LogP contribution in [0.4, 0.5) is 0 Å². The molecule has 2 saturated heterocycles. The number of ether oxygens (including phenoxy) is 1. The van der Waals surface area contributed by atoms with Crippen molar-refractivity contribution in [3.63, 3.8) is 0 Å². The Labute approximate surface area is 521 Å².